The van der Waals surface area contributed by atoms with Crippen molar-refractivity contribution >= 4 is 16.1 Å². The van der Waals surface area contributed by atoms with E-state index in [2.05, 4.69) is 9.97 Å². The average molecular weight is 424 g/mol. The summed E-state index contributed by atoms with van der Waals surface area (Å²) in [6.45, 7) is 4.04. The van der Waals surface area contributed by atoms with Gasteiger partial charge in [0, 0.05) is 6.20 Å². The van der Waals surface area contributed by atoms with E-state index in [-0.39, 0.29) is 23.9 Å². The Labute approximate surface area is 159 Å². The van der Waals surface area contributed by atoms with E-state index in [0.29, 0.717) is 12.1 Å². The van der Waals surface area contributed by atoms with Crippen LogP contribution in [0.15, 0.2) is 35.6 Å². The van der Waals surface area contributed by atoms with E-state index in [4.69, 9.17) is 18.8 Å². The number of carbonyl (C=O) groups is 1. The fourth-order valence-corrected chi connectivity index (χ4v) is 2.82. The second-order valence-corrected chi connectivity index (χ2v) is 6.96. The van der Waals surface area contributed by atoms with Gasteiger partial charge in [-0.1, -0.05) is 13.0 Å². The van der Waals surface area contributed by atoms with Crippen LogP contribution in [0.3, 0.4) is 0 Å². The number of hydrogen-bond acceptors (Lipinski definition) is 6. The van der Waals surface area contributed by atoms with Gasteiger partial charge in [-0.2, -0.15) is 21.6 Å². The van der Waals surface area contributed by atoms with Crippen LogP contribution >= 0.6 is 0 Å². The van der Waals surface area contributed by atoms with E-state index < -0.39 is 22.3 Å². The van der Waals surface area contributed by atoms with Crippen LogP contribution in [-0.4, -0.2) is 42.2 Å². The molecule has 0 saturated carbocycles. The summed E-state index contributed by atoms with van der Waals surface area (Å²) in [5.41, 5.74) is 1.59. The lowest BCUT2D eigenvalue weighted by Crippen LogP contribution is -2.21. The molecule has 156 valence electrons. The molecule has 0 spiro atoms. The van der Waals surface area contributed by atoms with Crippen LogP contribution in [0.4, 0.5) is 13.2 Å². The molecule has 0 atom stereocenters. The Balaban J connectivity index is 0.000000480. The predicted molar refractivity (Wildman–Crippen MR) is 91.2 cm³/mol. The molecule has 8 nitrogen and oxygen atoms in total. The highest BCUT2D eigenvalue weighted by molar-refractivity contribution is 7.86. The third-order valence-electron chi connectivity index (χ3n) is 2.98. The van der Waals surface area contributed by atoms with Crippen molar-refractivity contribution in [3.63, 3.8) is 0 Å². The van der Waals surface area contributed by atoms with Gasteiger partial charge in [0.15, 0.2) is 0 Å². The second kappa shape index (κ2) is 10.1. The van der Waals surface area contributed by atoms with Crippen LogP contribution in [-0.2, 0) is 25.7 Å². The van der Waals surface area contributed by atoms with Gasteiger partial charge < -0.3 is 14.8 Å². The third kappa shape index (κ3) is 7.56. The summed E-state index contributed by atoms with van der Waals surface area (Å²) in [5, 5.41) is 7.12. The Kier molecular flexibility index (Phi) is 8.44. The summed E-state index contributed by atoms with van der Waals surface area (Å²) in [7, 11) is -3.81. The Morgan fingerprint density at radius 2 is 1.96 bits per heavy atom. The number of carboxylic acids is 1. The largest absolute Gasteiger partial charge is 0.490 e. The molecule has 2 aromatic rings. The van der Waals surface area contributed by atoms with Gasteiger partial charge in [0.2, 0.25) is 0 Å². The average Bonchev–Trinajstić information content (AvgIpc) is 3.11. The number of hydrogen-bond donors (Lipinski definition) is 2. The molecule has 1 heterocycles. The van der Waals surface area contributed by atoms with Crippen LogP contribution in [0, 0.1) is 6.92 Å². The van der Waals surface area contributed by atoms with Gasteiger partial charge in [0.25, 0.3) is 0 Å². The summed E-state index contributed by atoms with van der Waals surface area (Å²) in [5.74, 6) is -2.48. The van der Waals surface area contributed by atoms with Gasteiger partial charge in [0.05, 0.1) is 18.6 Å². The molecule has 12 heteroatoms. The SMILES string of the molecule is CCCOS(=O)(=O)c1ccc(C)cc1OCc1c[nH]cn1.O=C(O)C(F)(F)F. The molecule has 0 saturated heterocycles. The summed E-state index contributed by atoms with van der Waals surface area (Å²) in [4.78, 5) is 15.8. The highest BCUT2D eigenvalue weighted by Gasteiger charge is 2.38. The monoisotopic (exact) mass is 424 g/mol. The summed E-state index contributed by atoms with van der Waals surface area (Å²) in [6, 6.07) is 4.89. The molecule has 0 aliphatic heterocycles. The molecule has 0 radical (unpaired) electrons. The standard InChI is InChI=1S/C14H18N2O4S.C2HF3O2/c1-3-6-20-21(17,18)14-5-4-11(2)7-13(14)19-9-12-8-15-10-16-12;3-2(4,5)1(6)7/h4-5,7-8,10H,3,6,9H2,1-2H3,(H,15,16);(H,6,7). The van der Waals surface area contributed by atoms with E-state index in [9.17, 15) is 21.6 Å². The lowest BCUT2D eigenvalue weighted by molar-refractivity contribution is -0.192. The molecule has 0 unspecified atom stereocenters. The first-order chi connectivity index (χ1) is 13.0. The Hall–Kier alpha value is -2.60. The Morgan fingerprint density at radius 1 is 1.32 bits per heavy atom. The van der Waals surface area contributed by atoms with Crippen LogP contribution < -0.4 is 4.74 Å². The van der Waals surface area contributed by atoms with Crippen molar-refractivity contribution in [3.05, 3.63) is 42.0 Å². The van der Waals surface area contributed by atoms with Crippen molar-refractivity contribution in [3.8, 4) is 5.75 Å². The number of halogens is 3. The number of aromatic nitrogens is 2. The quantitative estimate of drug-likeness (QED) is 0.656. The van der Waals surface area contributed by atoms with Crippen LogP contribution in [0.2, 0.25) is 0 Å². The van der Waals surface area contributed by atoms with Gasteiger partial charge >= 0.3 is 22.3 Å². The Morgan fingerprint density at radius 3 is 2.46 bits per heavy atom. The highest BCUT2D eigenvalue weighted by Crippen LogP contribution is 2.27. The minimum atomic E-state index is -5.08. The third-order valence-corrected chi connectivity index (χ3v) is 4.34. The number of aliphatic carboxylic acids is 1. The predicted octanol–water partition coefficient (Wildman–Crippen LogP) is 3.05. The first kappa shape index (κ1) is 23.4. The van der Waals surface area contributed by atoms with Crippen LogP contribution in [0.25, 0.3) is 0 Å². The number of imidazole rings is 1. The van der Waals surface area contributed by atoms with Crippen molar-refractivity contribution in [1.82, 2.24) is 9.97 Å². The van der Waals surface area contributed by atoms with E-state index in [0.717, 1.165) is 5.56 Å². The number of H-pyrrole nitrogens is 1. The van der Waals surface area contributed by atoms with Crippen molar-refractivity contribution in [2.24, 2.45) is 0 Å². The van der Waals surface area contributed by atoms with E-state index >= 15 is 0 Å². The molecule has 2 rings (SSSR count). The molecule has 0 amide bonds. The van der Waals surface area contributed by atoms with Crippen molar-refractivity contribution < 1.29 is 40.4 Å². The number of alkyl halides is 3. The summed E-state index contributed by atoms with van der Waals surface area (Å²) >= 11 is 0. The topological polar surface area (TPSA) is 119 Å². The molecular formula is C16H19F3N2O6S. The molecule has 0 fully saturated rings. The fraction of sp³-hybridized carbons (Fsp3) is 0.375. The number of nitrogens with one attached hydrogen (secondary N) is 1. The number of benzene rings is 1. The second-order valence-electron chi connectivity index (χ2n) is 5.38. The summed E-state index contributed by atoms with van der Waals surface area (Å²) in [6.07, 6.45) is -1.23. The first-order valence-electron chi connectivity index (χ1n) is 7.88. The van der Waals surface area contributed by atoms with Crippen molar-refractivity contribution in [1.29, 1.82) is 0 Å². The summed E-state index contributed by atoms with van der Waals surface area (Å²) < 4.78 is 66.6. The molecule has 0 aliphatic rings. The van der Waals surface area contributed by atoms with E-state index in [1.807, 2.05) is 13.8 Å². The van der Waals surface area contributed by atoms with Gasteiger partial charge in [-0.3, -0.25) is 4.18 Å². The maximum Gasteiger partial charge on any atom is 0.490 e. The van der Waals surface area contributed by atoms with Crippen molar-refractivity contribution in [2.75, 3.05) is 6.61 Å². The van der Waals surface area contributed by atoms with Crippen molar-refractivity contribution in [2.45, 2.75) is 37.9 Å². The smallest absolute Gasteiger partial charge is 0.486 e. The normalized spacial score (nSPS) is 11.5. The van der Waals surface area contributed by atoms with E-state index in [1.54, 1.807) is 18.3 Å². The zero-order chi connectivity index (χ0) is 21.4. The number of ether oxygens (including phenoxy) is 1. The number of carboxylic acid groups (broad SMARTS) is 1. The molecule has 28 heavy (non-hydrogen) atoms. The number of rotatable bonds is 7. The lowest BCUT2D eigenvalue weighted by Gasteiger charge is -2.12. The minimum absolute atomic E-state index is 0.0390. The number of aryl methyl sites for hydroxylation is 1. The Bertz CT molecular complexity index is 867. The molecule has 0 bridgehead atoms. The highest BCUT2D eigenvalue weighted by atomic mass is 32.2. The van der Waals surface area contributed by atoms with Gasteiger partial charge in [-0.15, -0.1) is 0 Å². The van der Waals surface area contributed by atoms with Gasteiger partial charge in [-0.25, -0.2) is 9.78 Å². The minimum Gasteiger partial charge on any atom is -0.486 e. The molecule has 1 aromatic carbocycles. The van der Waals surface area contributed by atoms with Crippen LogP contribution in [0.5, 0.6) is 5.75 Å². The lowest BCUT2D eigenvalue weighted by atomic mass is 10.2. The molecular weight excluding hydrogens is 405 g/mol. The first-order valence-corrected chi connectivity index (χ1v) is 9.29. The zero-order valence-corrected chi connectivity index (χ0v) is 15.8. The van der Waals surface area contributed by atoms with Gasteiger partial charge in [-0.05, 0) is 31.0 Å². The molecule has 0 aliphatic carbocycles. The maximum atomic E-state index is 12.2. The maximum absolute atomic E-state index is 12.2. The molecule has 2 N–H and O–H groups in total. The van der Waals surface area contributed by atoms with Crippen LogP contribution in [0.1, 0.15) is 24.6 Å². The van der Waals surface area contributed by atoms with E-state index in [1.165, 1.54) is 12.4 Å². The fourth-order valence-electron chi connectivity index (χ4n) is 1.71. The number of aromatic amines is 1. The zero-order valence-electron chi connectivity index (χ0n) is 15.0. The number of nitrogens with zero attached hydrogens (tertiary/aromatic N) is 1. The van der Waals surface area contributed by atoms with Gasteiger partial charge in [0.1, 0.15) is 17.3 Å². The molecule has 1 aromatic heterocycles.